The first-order valence-corrected chi connectivity index (χ1v) is 7.33. The van der Waals surface area contributed by atoms with Gasteiger partial charge in [-0.25, -0.2) is 4.79 Å². The van der Waals surface area contributed by atoms with E-state index in [1.165, 1.54) is 11.3 Å². The topological polar surface area (TPSA) is 50.2 Å². The summed E-state index contributed by atoms with van der Waals surface area (Å²) in [6, 6.07) is 5.04. The van der Waals surface area contributed by atoms with Crippen molar-refractivity contribution in [2.24, 2.45) is 0 Å². The van der Waals surface area contributed by atoms with Crippen LogP contribution >= 0.6 is 34.5 Å². The molecule has 0 saturated heterocycles. The van der Waals surface area contributed by atoms with E-state index in [0.717, 1.165) is 18.4 Å². The fourth-order valence-corrected chi connectivity index (χ4v) is 3.47. The molecular weight excluding hydrogens is 305 g/mol. The predicted octanol–water partition coefficient (Wildman–Crippen LogP) is 4.69. The van der Waals surface area contributed by atoms with Crippen molar-refractivity contribution in [3.63, 3.8) is 0 Å². The maximum atomic E-state index is 11.2. The summed E-state index contributed by atoms with van der Waals surface area (Å²) in [6.45, 7) is 0. The first-order chi connectivity index (χ1) is 9.06. The predicted molar refractivity (Wildman–Crippen MR) is 76.5 cm³/mol. The van der Waals surface area contributed by atoms with Crippen LogP contribution in [0, 0.1) is 0 Å². The van der Waals surface area contributed by atoms with E-state index in [1.807, 2.05) is 0 Å². The standard InChI is InChI=1S/C13H9Cl2NO2S/c14-10-5-8(12(15)19-10)9-4-3-7(13(17)18)11(16-9)6-1-2-6/h3-6H,1-2H2,(H,17,18). The van der Waals surface area contributed by atoms with E-state index in [2.05, 4.69) is 4.98 Å². The second-order valence-corrected chi connectivity index (χ2v) is 6.73. The van der Waals surface area contributed by atoms with Gasteiger partial charge in [-0.3, -0.25) is 4.98 Å². The summed E-state index contributed by atoms with van der Waals surface area (Å²) >= 11 is 13.3. The van der Waals surface area contributed by atoms with Crippen LogP contribution in [0.25, 0.3) is 11.3 Å². The normalized spacial score (nSPS) is 14.6. The number of rotatable bonds is 3. The van der Waals surface area contributed by atoms with Gasteiger partial charge in [0.05, 0.1) is 21.3 Å². The Kier molecular flexibility index (Phi) is 3.25. The van der Waals surface area contributed by atoms with Gasteiger partial charge in [-0.1, -0.05) is 23.2 Å². The Bertz CT molecular complexity index is 665. The molecule has 1 fully saturated rings. The SMILES string of the molecule is O=C(O)c1ccc(-c2cc(Cl)sc2Cl)nc1C1CC1. The molecule has 19 heavy (non-hydrogen) atoms. The van der Waals surface area contributed by atoms with E-state index in [4.69, 9.17) is 23.2 Å². The minimum absolute atomic E-state index is 0.263. The summed E-state index contributed by atoms with van der Waals surface area (Å²) in [5.74, 6) is -0.672. The Balaban J connectivity index is 2.11. The molecule has 6 heteroatoms. The summed E-state index contributed by atoms with van der Waals surface area (Å²) in [6.07, 6.45) is 1.99. The lowest BCUT2D eigenvalue weighted by Gasteiger charge is -2.06. The number of aromatic carboxylic acids is 1. The lowest BCUT2D eigenvalue weighted by Crippen LogP contribution is -2.04. The molecule has 2 aromatic heterocycles. The zero-order valence-corrected chi connectivity index (χ0v) is 12.0. The van der Waals surface area contributed by atoms with Crippen molar-refractivity contribution in [3.8, 4) is 11.3 Å². The van der Waals surface area contributed by atoms with Crippen LogP contribution in [0.2, 0.25) is 8.67 Å². The third kappa shape index (κ3) is 2.48. The monoisotopic (exact) mass is 313 g/mol. The minimum atomic E-state index is -0.935. The summed E-state index contributed by atoms with van der Waals surface area (Å²) in [4.78, 5) is 15.7. The van der Waals surface area contributed by atoms with Crippen molar-refractivity contribution in [2.45, 2.75) is 18.8 Å². The highest BCUT2D eigenvalue weighted by Gasteiger charge is 2.30. The molecule has 0 spiro atoms. The second kappa shape index (κ2) is 4.78. The molecule has 2 aromatic rings. The van der Waals surface area contributed by atoms with E-state index in [0.29, 0.717) is 20.1 Å². The number of pyridine rings is 1. The molecule has 0 aromatic carbocycles. The minimum Gasteiger partial charge on any atom is -0.478 e. The van der Waals surface area contributed by atoms with Crippen LogP contribution in [-0.2, 0) is 0 Å². The summed E-state index contributed by atoms with van der Waals surface area (Å²) in [5.41, 5.74) is 2.38. The van der Waals surface area contributed by atoms with Gasteiger partial charge in [0.15, 0.2) is 0 Å². The van der Waals surface area contributed by atoms with Crippen molar-refractivity contribution in [1.82, 2.24) is 4.98 Å². The number of hydrogen-bond donors (Lipinski definition) is 1. The molecule has 1 N–H and O–H groups in total. The largest absolute Gasteiger partial charge is 0.478 e. The first kappa shape index (κ1) is 12.9. The molecule has 1 aliphatic carbocycles. The average molecular weight is 314 g/mol. The molecule has 0 unspecified atom stereocenters. The maximum Gasteiger partial charge on any atom is 0.337 e. The van der Waals surface area contributed by atoms with E-state index in [9.17, 15) is 9.90 Å². The van der Waals surface area contributed by atoms with Gasteiger partial charge in [-0.2, -0.15) is 0 Å². The number of aromatic nitrogens is 1. The van der Waals surface area contributed by atoms with Gasteiger partial charge in [-0.05, 0) is 31.0 Å². The Morgan fingerprint density at radius 3 is 2.63 bits per heavy atom. The number of carboxylic acids is 1. The Labute approximate surface area is 123 Å². The number of carboxylic acid groups (broad SMARTS) is 1. The molecule has 3 rings (SSSR count). The molecule has 0 aliphatic heterocycles. The van der Waals surface area contributed by atoms with Gasteiger partial charge >= 0.3 is 5.97 Å². The van der Waals surface area contributed by atoms with Gasteiger partial charge in [0.1, 0.15) is 4.34 Å². The molecule has 3 nitrogen and oxygen atoms in total. The lowest BCUT2D eigenvalue weighted by atomic mass is 10.1. The number of halogens is 2. The van der Waals surface area contributed by atoms with E-state index in [1.54, 1.807) is 18.2 Å². The van der Waals surface area contributed by atoms with Crippen molar-refractivity contribution < 1.29 is 9.90 Å². The Morgan fingerprint density at radius 1 is 1.37 bits per heavy atom. The maximum absolute atomic E-state index is 11.2. The number of carbonyl (C=O) groups is 1. The molecule has 0 radical (unpaired) electrons. The highest BCUT2D eigenvalue weighted by Crippen LogP contribution is 2.43. The van der Waals surface area contributed by atoms with Gasteiger partial charge < -0.3 is 5.11 Å². The molecule has 0 amide bonds. The fourth-order valence-electron chi connectivity index (χ4n) is 1.99. The third-order valence-electron chi connectivity index (χ3n) is 3.05. The van der Waals surface area contributed by atoms with Crippen LogP contribution in [0.15, 0.2) is 18.2 Å². The molecule has 1 saturated carbocycles. The van der Waals surface area contributed by atoms with Gasteiger partial charge in [0, 0.05) is 11.5 Å². The van der Waals surface area contributed by atoms with Crippen LogP contribution in [-0.4, -0.2) is 16.1 Å². The smallest absolute Gasteiger partial charge is 0.337 e. The highest BCUT2D eigenvalue weighted by molar-refractivity contribution is 7.20. The lowest BCUT2D eigenvalue weighted by molar-refractivity contribution is 0.0695. The zero-order valence-electron chi connectivity index (χ0n) is 9.69. The second-order valence-electron chi connectivity index (χ2n) is 4.45. The van der Waals surface area contributed by atoms with Gasteiger partial charge in [0.2, 0.25) is 0 Å². The van der Waals surface area contributed by atoms with Crippen LogP contribution in [0.3, 0.4) is 0 Å². The molecule has 2 heterocycles. The van der Waals surface area contributed by atoms with Crippen LogP contribution in [0.5, 0.6) is 0 Å². The Hall–Kier alpha value is -1.10. The Morgan fingerprint density at radius 2 is 2.11 bits per heavy atom. The van der Waals surface area contributed by atoms with Gasteiger partial charge in [0.25, 0.3) is 0 Å². The van der Waals surface area contributed by atoms with Crippen molar-refractivity contribution in [1.29, 1.82) is 0 Å². The van der Waals surface area contributed by atoms with Crippen LogP contribution in [0.4, 0.5) is 0 Å². The number of nitrogens with zero attached hydrogens (tertiary/aromatic N) is 1. The third-order valence-corrected chi connectivity index (χ3v) is 4.54. The zero-order chi connectivity index (χ0) is 13.6. The summed E-state index contributed by atoms with van der Waals surface area (Å²) < 4.78 is 1.17. The molecule has 1 aliphatic rings. The molecular formula is C13H9Cl2NO2S. The van der Waals surface area contributed by atoms with E-state index >= 15 is 0 Å². The van der Waals surface area contributed by atoms with E-state index in [-0.39, 0.29) is 11.5 Å². The van der Waals surface area contributed by atoms with Crippen LogP contribution in [0.1, 0.15) is 34.8 Å². The van der Waals surface area contributed by atoms with Gasteiger partial charge in [-0.15, -0.1) is 11.3 Å². The fraction of sp³-hybridized carbons (Fsp3) is 0.231. The molecule has 0 bridgehead atoms. The summed E-state index contributed by atoms with van der Waals surface area (Å²) in [5, 5.41) is 9.18. The van der Waals surface area contributed by atoms with Crippen LogP contribution < -0.4 is 0 Å². The summed E-state index contributed by atoms with van der Waals surface area (Å²) in [7, 11) is 0. The quantitative estimate of drug-likeness (QED) is 0.894. The molecule has 0 atom stereocenters. The van der Waals surface area contributed by atoms with E-state index < -0.39 is 5.97 Å². The number of hydrogen-bond acceptors (Lipinski definition) is 3. The van der Waals surface area contributed by atoms with Crippen molar-refractivity contribution >= 4 is 40.5 Å². The van der Waals surface area contributed by atoms with Crippen molar-refractivity contribution in [2.75, 3.05) is 0 Å². The number of thiophene rings is 1. The van der Waals surface area contributed by atoms with Crippen molar-refractivity contribution in [3.05, 3.63) is 38.1 Å². The highest BCUT2D eigenvalue weighted by atomic mass is 35.5. The molecule has 98 valence electrons. The first-order valence-electron chi connectivity index (χ1n) is 5.75. The average Bonchev–Trinajstić information content (AvgIpc) is 3.14.